The molecule has 25 heavy (non-hydrogen) atoms. The molecule has 2 atom stereocenters. The van der Waals surface area contributed by atoms with Gasteiger partial charge in [0.15, 0.2) is 0 Å². The molecular formula is C17H13ClO5S2. The maximum atomic E-state index is 12.2. The molecule has 0 saturated heterocycles. The van der Waals surface area contributed by atoms with Crippen molar-refractivity contribution in [3.63, 3.8) is 0 Å². The number of benzene rings is 3. The highest BCUT2D eigenvalue weighted by molar-refractivity contribution is 7.91. The molecule has 3 aromatic carbocycles. The van der Waals surface area contributed by atoms with Crippen LogP contribution in [0.2, 0.25) is 5.02 Å². The molecule has 2 unspecified atom stereocenters. The zero-order valence-electron chi connectivity index (χ0n) is 13.0. The van der Waals surface area contributed by atoms with E-state index in [1.54, 1.807) is 54.6 Å². The lowest BCUT2D eigenvalue weighted by Gasteiger charge is -2.06. The second-order valence-corrected chi connectivity index (χ2v) is 7.42. The Morgan fingerprint density at radius 1 is 0.840 bits per heavy atom. The maximum Gasteiger partial charge on any atom is 0.374 e. The molecule has 0 amide bonds. The molecule has 3 aromatic rings. The summed E-state index contributed by atoms with van der Waals surface area (Å²) in [6, 6.07) is 16.9. The number of methoxy groups -OCH3 is 1. The Morgan fingerprint density at radius 2 is 1.48 bits per heavy atom. The largest absolute Gasteiger partial charge is 0.497 e. The summed E-state index contributed by atoms with van der Waals surface area (Å²) in [4.78, 5) is 0.376. The lowest BCUT2D eigenvalue weighted by Crippen LogP contribution is -2.07. The second kappa shape index (κ2) is 7.97. The van der Waals surface area contributed by atoms with Crippen LogP contribution in [0, 0.1) is 0 Å². The molecule has 0 aliphatic carbocycles. The number of fused-ring (bicyclic) bond motifs is 1. The van der Waals surface area contributed by atoms with Crippen LogP contribution in [0.4, 0.5) is 0 Å². The molecule has 0 bridgehead atoms. The molecule has 8 heteroatoms. The number of ether oxygens (including phenoxy) is 1. The van der Waals surface area contributed by atoms with Crippen molar-refractivity contribution < 1.29 is 21.0 Å². The van der Waals surface area contributed by atoms with Crippen molar-refractivity contribution in [3.05, 3.63) is 65.7 Å². The predicted octanol–water partition coefficient (Wildman–Crippen LogP) is 4.20. The molecule has 0 aliphatic heterocycles. The normalized spacial score (nSPS) is 13.4. The van der Waals surface area contributed by atoms with E-state index < -0.39 is 22.4 Å². The van der Waals surface area contributed by atoms with Gasteiger partial charge >= 0.3 is 11.4 Å². The topological polar surface area (TPSA) is 61.8 Å². The second-order valence-electron chi connectivity index (χ2n) is 4.92. The van der Waals surface area contributed by atoms with Crippen molar-refractivity contribution >= 4 is 44.8 Å². The number of hydrogen-bond donors (Lipinski definition) is 0. The van der Waals surface area contributed by atoms with Gasteiger partial charge in [-0.1, -0.05) is 23.7 Å². The SMILES string of the molecule is COc1ccc(OS(=O)OS(=O)c2ccc3cc(Cl)ccc3c2)cc1. The summed E-state index contributed by atoms with van der Waals surface area (Å²) in [5.41, 5.74) is 0. The van der Waals surface area contributed by atoms with E-state index in [1.807, 2.05) is 6.07 Å². The summed E-state index contributed by atoms with van der Waals surface area (Å²) in [7, 11) is 1.54. The van der Waals surface area contributed by atoms with Crippen molar-refractivity contribution in [3.8, 4) is 11.5 Å². The molecule has 0 aromatic heterocycles. The summed E-state index contributed by atoms with van der Waals surface area (Å²) in [5.74, 6) is 0.947. The van der Waals surface area contributed by atoms with Crippen molar-refractivity contribution in [2.24, 2.45) is 0 Å². The van der Waals surface area contributed by atoms with Crippen molar-refractivity contribution in [1.29, 1.82) is 0 Å². The first-order valence-electron chi connectivity index (χ1n) is 7.09. The van der Waals surface area contributed by atoms with Gasteiger partial charge in [-0.25, -0.2) is 4.21 Å². The van der Waals surface area contributed by atoms with Crippen molar-refractivity contribution in [1.82, 2.24) is 0 Å². The lowest BCUT2D eigenvalue weighted by molar-refractivity contribution is 0.413. The predicted molar refractivity (Wildman–Crippen MR) is 98.2 cm³/mol. The van der Waals surface area contributed by atoms with E-state index in [2.05, 4.69) is 0 Å². The van der Waals surface area contributed by atoms with E-state index in [0.717, 1.165) is 10.8 Å². The maximum absolute atomic E-state index is 12.2. The molecule has 0 radical (unpaired) electrons. The van der Waals surface area contributed by atoms with Crippen LogP contribution in [0.25, 0.3) is 10.8 Å². The molecule has 0 spiro atoms. The summed E-state index contributed by atoms with van der Waals surface area (Å²) < 4.78 is 39.2. The van der Waals surface area contributed by atoms with E-state index in [9.17, 15) is 8.42 Å². The summed E-state index contributed by atoms with van der Waals surface area (Å²) in [6.45, 7) is 0. The van der Waals surface area contributed by atoms with Crippen LogP contribution in [-0.4, -0.2) is 15.5 Å². The third-order valence-electron chi connectivity index (χ3n) is 3.31. The molecule has 3 rings (SSSR count). The van der Waals surface area contributed by atoms with Gasteiger partial charge in [0.05, 0.1) is 12.0 Å². The molecule has 0 saturated carbocycles. The smallest absolute Gasteiger partial charge is 0.374 e. The quantitative estimate of drug-likeness (QED) is 0.625. The molecule has 0 N–H and O–H groups in total. The molecule has 0 fully saturated rings. The zero-order chi connectivity index (χ0) is 17.8. The van der Waals surface area contributed by atoms with Gasteiger partial charge in [-0.15, -0.1) is 0 Å². The van der Waals surface area contributed by atoms with E-state index in [4.69, 9.17) is 24.2 Å². The van der Waals surface area contributed by atoms with E-state index in [1.165, 1.54) is 7.11 Å². The van der Waals surface area contributed by atoms with Gasteiger partial charge in [0.1, 0.15) is 11.5 Å². The highest BCUT2D eigenvalue weighted by atomic mass is 35.5. The van der Waals surface area contributed by atoms with Crippen LogP contribution in [-0.2, 0) is 26.1 Å². The highest BCUT2D eigenvalue weighted by Gasteiger charge is 2.13. The van der Waals surface area contributed by atoms with Crippen LogP contribution in [0.3, 0.4) is 0 Å². The number of halogens is 1. The average Bonchev–Trinajstić information content (AvgIpc) is 2.61. The van der Waals surface area contributed by atoms with Crippen LogP contribution in [0.15, 0.2) is 65.6 Å². The van der Waals surface area contributed by atoms with Gasteiger partial charge in [-0.2, -0.15) is 7.84 Å². The monoisotopic (exact) mass is 396 g/mol. The van der Waals surface area contributed by atoms with Crippen LogP contribution in [0.5, 0.6) is 11.5 Å². The van der Waals surface area contributed by atoms with E-state index in [-0.39, 0.29) is 0 Å². The van der Waals surface area contributed by atoms with Gasteiger partial charge in [0, 0.05) is 5.02 Å². The van der Waals surface area contributed by atoms with Crippen LogP contribution >= 0.6 is 11.6 Å². The first kappa shape index (κ1) is 17.9. The lowest BCUT2D eigenvalue weighted by atomic mass is 10.1. The van der Waals surface area contributed by atoms with Gasteiger partial charge in [0.25, 0.3) is 0 Å². The number of rotatable bonds is 6. The van der Waals surface area contributed by atoms with Gasteiger partial charge < -0.3 is 8.92 Å². The van der Waals surface area contributed by atoms with Crippen LogP contribution < -0.4 is 8.92 Å². The molecule has 130 valence electrons. The molecule has 0 heterocycles. The Labute approximate surface area is 155 Å². The Balaban J connectivity index is 1.68. The Bertz CT molecular complexity index is 943. The van der Waals surface area contributed by atoms with Gasteiger partial charge in [-0.05, 0) is 59.3 Å². The van der Waals surface area contributed by atoms with E-state index >= 15 is 0 Å². The van der Waals surface area contributed by atoms with Gasteiger partial charge in [-0.3, -0.25) is 0 Å². The standard InChI is InChI=1S/C17H13ClO5S2/c1-21-15-5-7-16(8-6-15)22-25(20)23-24(19)17-9-3-12-10-14(18)4-2-13(12)11-17/h2-11H,1H3. The third kappa shape index (κ3) is 4.58. The molecule has 0 aliphatic rings. The fourth-order valence-electron chi connectivity index (χ4n) is 2.11. The van der Waals surface area contributed by atoms with Gasteiger partial charge in [0.2, 0.25) is 11.1 Å². The van der Waals surface area contributed by atoms with Crippen molar-refractivity contribution in [2.75, 3.05) is 7.11 Å². The Hall–Kier alpha value is -1.93. The summed E-state index contributed by atoms with van der Waals surface area (Å²) in [5, 5.41) is 2.37. The minimum Gasteiger partial charge on any atom is -0.497 e. The minimum absolute atomic E-state index is 0.310. The fourth-order valence-corrected chi connectivity index (χ4v) is 3.79. The fraction of sp³-hybridized carbons (Fsp3) is 0.0588. The third-order valence-corrected chi connectivity index (χ3v) is 5.45. The average molecular weight is 397 g/mol. The zero-order valence-corrected chi connectivity index (χ0v) is 15.4. The molecular weight excluding hydrogens is 384 g/mol. The molecule has 5 nitrogen and oxygen atoms in total. The Morgan fingerprint density at radius 3 is 2.20 bits per heavy atom. The number of hydrogen-bond acceptors (Lipinski definition) is 5. The first-order valence-corrected chi connectivity index (χ1v) is 9.54. The summed E-state index contributed by atoms with van der Waals surface area (Å²) in [6.07, 6.45) is 0. The van der Waals surface area contributed by atoms with E-state index in [0.29, 0.717) is 21.4 Å². The van der Waals surface area contributed by atoms with Crippen LogP contribution in [0.1, 0.15) is 0 Å². The first-order chi connectivity index (χ1) is 12.0. The van der Waals surface area contributed by atoms with Crippen molar-refractivity contribution in [2.45, 2.75) is 4.90 Å². The highest BCUT2D eigenvalue weighted by Crippen LogP contribution is 2.23. The summed E-state index contributed by atoms with van der Waals surface area (Å²) >= 11 is 1.79. The minimum atomic E-state index is -2.21. The Kier molecular flexibility index (Phi) is 5.70.